The number of benzene rings is 2. The molecule has 0 saturated carbocycles. The third-order valence-corrected chi connectivity index (χ3v) is 8.99. The number of fused-ring (bicyclic) bond motifs is 1. The maximum Gasteiger partial charge on any atom is 0.340 e. The summed E-state index contributed by atoms with van der Waals surface area (Å²) in [6.45, 7) is 0.0951. The molecule has 1 aliphatic heterocycles. The summed E-state index contributed by atoms with van der Waals surface area (Å²) in [4.78, 5) is 35.8. The molecule has 1 unspecified atom stereocenters. The fraction of sp³-hybridized carbons (Fsp3) is 0.333. The molecule has 1 aliphatic rings. The van der Waals surface area contributed by atoms with E-state index in [4.69, 9.17) is 30.6 Å². The summed E-state index contributed by atoms with van der Waals surface area (Å²) in [6.07, 6.45) is -0.513. The van der Waals surface area contributed by atoms with E-state index in [0.29, 0.717) is 36.1 Å². The molecule has 188 valence electrons. The maximum absolute atomic E-state index is 15.1. The van der Waals surface area contributed by atoms with Crippen LogP contribution >= 0.6 is 26.8 Å². The molecule has 10 nitrogen and oxygen atoms in total. The van der Waals surface area contributed by atoms with Crippen LogP contribution in [-0.4, -0.2) is 43.3 Å². The zero-order valence-corrected chi connectivity index (χ0v) is 20.8. The van der Waals surface area contributed by atoms with Crippen molar-refractivity contribution in [1.29, 1.82) is 0 Å². The van der Waals surface area contributed by atoms with Gasteiger partial charge in [0.05, 0.1) is 24.3 Å². The van der Waals surface area contributed by atoms with E-state index in [1.54, 1.807) is 0 Å². The van der Waals surface area contributed by atoms with Crippen molar-refractivity contribution in [3.63, 3.8) is 0 Å². The largest absolute Gasteiger partial charge is 0.368 e. The van der Waals surface area contributed by atoms with Gasteiger partial charge in [-0.3, -0.25) is 9.13 Å². The highest BCUT2D eigenvalue weighted by Crippen LogP contribution is 2.55. The van der Waals surface area contributed by atoms with Crippen LogP contribution in [0.5, 0.6) is 0 Å². The first-order valence-corrected chi connectivity index (χ1v) is 14.5. The second-order valence-corrected chi connectivity index (χ2v) is 12.5. The van der Waals surface area contributed by atoms with E-state index >= 15 is 4.39 Å². The molecule has 1 saturated heterocycles. The van der Waals surface area contributed by atoms with Gasteiger partial charge in [0.15, 0.2) is 5.90 Å². The van der Waals surface area contributed by atoms with Gasteiger partial charge in [0.2, 0.25) is 5.28 Å². The summed E-state index contributed by atoms with van der Waals surface area (Å²) in [6, 6.07) is 12.4. The molecular formula is C21H23ClFN3O7P2. The summed E-state index contributed by atoms with van der Waals surface area (Å²) in [5.74, 6) is -1.43. The molecule has 0 radical (unpaired) electrons. The summed E-state index contributed by atoms with van der Waals surface area (Å²) >= 11 is 6.10. The lowest BCUT2D eigenvalue weighted by Crippen LogP contribution is -2.15. The number of nitrogens with zero attached hydrogens (tertiary/aromatic N) is 2. The molecule has 3 aromatic rings. The number of nitrogens with one attached hydrogen (secondary N) is 1. The van der Waals surface area contributed by atoms with Gasteiger partial charge < -0.3 is 29.3 Å². The number of hydrogen-bond donors (Lipinski definition) is 4. The zero-order chi connectivity index (χ0) is 25.2. The monoisotopic (exact) mass is 545 g/mol. The van der Waals surface area contributed by atoms with Crippen molar-refractivity contribution in [1.82, 2.24) is 9.97 Å². The molecule has 2 heterocycles. The zero-order valence-electron chi connectivity index (χ0n) is 18.3. The van der Waals surface area contributed by atoms with Crippen molar-refractivity contribution in [2.45, 2.75) is 31.6 Å². The van der Waals surface area contributed by atoms with Gasteiger partial charge in [-0.25, -0.2) is 14.4 Å². The molecule has 2 aromatic carbocycles. The van der Waals surface area contributed by atoms with Gasteiger partial charge in [0, 0.05) is 17.5 Å². The van der Waals surface area contributed by atoms with Crippen LogP contribution in [0.4, 0.5) is 10.2 Å². The van der Waals surface area contributed by atoms with Crippen LogP contribution in [0.1, 0.15) is 30.1 Å². The van der Waals surface area contributed by atoms with Gasteiger partial charge in [0.25, 0.3) is 0 Å². The van der Waals surface area contributed by atoms with E-state index in [1.807, 2.05) is 30.3 Å². The van der Waals surface area contributed by atoms with Crippen molar-refractivity contribution in [3.05, 3.63) is 64.7 Å². The third-order valence-electron chi connectivity index (χ3n) is 5.37. The van der Waals surface area contributed by atoms with Gasteiger partial charge in [-0.1, -0.05) is 30.3 Å². The van der Waals surface area contributed by atoms with Crippen molar-refractivity contribution >= 4 is 43.5 Å². The number of ether oxygens (including phenoxy) is 1. The average molecular weight is 546 g/mol. The number of aromatic nitrogens is 2. The Kier molecular flexibility index (Phi) is 7.90. The number of anilines is 1. The van der Waals surface area contributed by atoms with E-state index in [2.05, 4.69) is 15.3 Å². The Morgan fingerprint density at radius 1 is 1.14 bits per heavy atom. The molecule has 14 heteroatoms. The second-order valence-electron chi connectivity index (χ2n) is 8.13. The van der Waals surface area contributed by atoms with Crippen molar-refractivity contribution < 1.29 is 37.5 Å². The van der Waals surface area contributed by atoms with Gasteiger partial charge in [0.1, 0.15) is 11.6 Å². The smallest absolute Gasteiger partial charge is 0.340 e. The molecule has 1 aromatic heterocycles. The molecule has 3 atom stereocenters. The number of hydrogen-bond acceptors (Lipinski definition) is 7. The fourth-order valence-corrected chi connectivity index (χ4v) is 6.59. The molecule has 4 N–H and O–H groups in total. The highest BCUT2D eigenvalue weighted by molar-refractivity contribution is 7.70. The van der Waals surface area contributed by atoms with E-state index in [9.17, 15) is 14.0 Å². The van der Waals surface area contributed by atoms with Gasteiger partial charge in [-0.05, 0) is 42.1 Å². The molecule has 35 heavy (non-hydrogen) atoms. The summed E-state index contributed by atoms with van der Waals surface area (Å²) < 4.78 is 48.5. The highest BCUT2D eigenvalue weighted by Gasteiger charge is 2.34. The van der Waals surface area contributed by atoms with Crippen LogP contribution in [0.3, 0.4) is 0 Å². The first-order valence-electron chi connectivity index (χ1n) is 10.6. The molecule has 0 aliphatic carbocycles. The first kappa shape index (κ1) is 26.1. The minimum absolute atomic E-state index is 0.00649. The number of halogens is 2. The highest BCUT2D eigenvalue weighted by atomic mass is 35.5. The third kappa shape index (κ3) is 7.06. The molecule has 0 spiro atoms. The first-order chi connectivity index (χ1) is 16.5. The van der Waals surface area contributed by atoms with Gasteiger partial charge in [-0.15, -0.1) is 0 Å². The lowest BCUT2D eigenvalue weighted by molar-refractivity contribution is 0.0136. The predicted molar refractivity (Wildman–Crippen MR) is 128 cm³/mol. The minimum Gasteiger partial charge on any atom is -0.368 e. The normalized spacial score (nSPS) is 20.1. The summed E-state index contributed by atoms with van der Waals surface area (Å²) in [5.41, 5.74) is 1.67. The molecule has 4 rings (SSSR count). The van der Waals surface area contributed by atoms with E-state index in [1.165, 1.54) is 12.1 Å². The Bertz CT molecular complexity index is 1310. The van der Waals surface area contributed by atoms with Crippen LogP contribution in [0.2, 0.25) is 5.28 Å². The molecule has 0 amide bonds. The van der Waals surface area contributed by atoms with E-state index < -0.39 is 39.1 Å². The van der Waals surface area contributed by atoms with Crippen LogP contribution in [0.15, 0.2) is 42.5 Å². The van der Waals surface area contributed by atoms with Crippen LogP contribution in [-0.2, 0) is 24.9 Å². The maximum atomic E-state index is 15.1. The molecule has 0 bridgehead atoms. The Balaban J connectivity index is 1.48. The quantitative estimate of drug-likeness (QED) is 0.222. The molecular weight excluding hydrogens is 523 g/mol. The Morgan fingerprint density at radius 3 is 2.60 bits per heavy atom. The number of rotatable bonds is 9. The van der Waals surface area contributed by atoms with Gasteiger partial charge in [-0.2, -0.15) is 0 Å². The minimum atomic E-state index is -4.73. The lowest BCUT2D eigenvalue weighted by atomic mass is 10.0. The van der Waals surface area contributed by atoms with Crippen molar-refractivity contribution in [3.8, 4) is 0 Å². The van der Waals surface area contributed by atoms with Crippen LogP contribution in [0, 0.1) is 5.82 Å². The van der Waals surface area contributed by atoms with Gasteiger partial charge >= 0.3 is 15.2 Å². The fourth-order valence-electron chi connectivity index (χ4n) is 3.83. The van der Waals surface area contributed by atoms with Crippen molar-refractivity contribution in [2.75, 3.05) is 17.8 Å². The van der Waals surface area contributed by atoms with Crippen LogP contribution < -0.4 is 5.32 Å². The topological polar surface area (TPSA) is 151 Å². The predicted octanol–water partition coefficient (Wildman–Crippen LogP) is 4.59. The van der Waals surface area contributed by atoms with E-state index in [-0.39, 0.29) is 17.5 Å². The van der Waals surface area contributed by atoms with Crippen molar-refractivity contribution in [2.24, 2.45) is 0 Å². The second kappa shape index (κ2) is 10.6. The standard InChI is InChI=1S/C21H23ClFN3O7P2/c22-21-25-18-9-15(19-7-6-14(33-19)11-32-35(30,31)12-34(27,28)29)17(23)8-16(18)20(26-21)24-10-13-4-2-1-3-5-13/h1-5,8-9,14,19H,6-7,10-12H2,(H,30,31)(H,24,25,26)(H2,27,28,29)/t14-,19+/m0/s1. The summed E-state index contributed by atoms with van der Waals surface area (Å²) in [5, 5.41) is 3.60. The molecule has 1 fully saturated rings. The average Bonchev–Trinajstić information content (AvgIpc) is 3.24. The lowest BCUT2D eigenvalue weighted by Gasteiger charge is -2.18. The van der Waals surface area contributed by atoms with E-state index in [0.717, 1.165) is 5.56 Å². The SMILES string of the molecule is O=P(O)(O)CP(=O)(O)OC[C@@H]1CC[C@H](c2cc3nc(Cl)nc(NCc4ccccc4)c3cc2F)O1. The Hall–Kier alpha value is -1.94. The van der Waals surface area contributed by atoms with Crippen LogP contribution in [0.25, 0.3) is 10.9 Å². The summed E-state index contributed by atoms with van der Waals surface area (Å²) in [7, 11) is -9.22. The Labute approximate surface area is 205 Å². The Morgan fingerprint density at radius 2 is 1.89 bits per heavy atom.